The van der Waals surface area contributed by atoms with E-state index in [1.54, 1.807) is 0 Å². The minimum absolute atomic E-state index is 0.189. The molecule has 1 unspecified atom stereocenters. The first-order valence-corrected chi connectivity index (χ1v) is 7.33. The summed E-state index contributed by atoms with van der Waals surface area (Å²) in [6.07, 6.45) is 5.53. The molecule has 0 aromatic carbocycles. The molecule has 0 spiro atoms. The molecule has 0 bridgehead atoms. The molecule has 1 aromatic rings. The van der Waals surface area contributed by atoms with E-state index in [1.807, 2.05) is 6.20 Å². The summed E-state index contributed by atoms with van der Waals surface area (Å²) >= 11 is 0. The third-order valence-corrected chi connectivity index (χ3v) is 3.59. The quantitative estimate of drug-likeness (QED) is 0.754. The molecule has 0 aliphatic heterocycles. The molecule has 19 heavy (non-hydrogen) atoms. The topological polar surface area (TPSA) is 48.4 Å². The van der Waals surface area contributed by atoms with Crippen LogP contribution in [0.3, 0.4) is 0 Å². The van der Waals surface area contributed by atoms with E-state index in [4.69, 9.17) is 5.11 Å². The molecule has 1 aliphatic rings. The third-order valence-electron chi connectivity index (χ3n) is 3.59. The molecular weight excluding hydrogens is 238 g/mol. The van der Waals surface area contributed by atoms with Gasteiger partial charge in [-0.3, -0.25) is 0 Å². The minimum Gasteiger partial charge on any atom is -0.395 e. The highest BCUT2D eigenvalue weighted by atomic mass is 16.3. The van der Waals surface area contributed by atoms with Gasteiger partial charge in [0, 0.05) is 24.8 Å². The van der Waals surface area contributed by atoms with Gasteiger partial charge in [-0.05, 0) is 44.4 Å². The number of aliphatic hydroxyl groups is 1. The second-order valence-corrected chi connectivity index (χ2v) is 5.27. The van der Waals surface area contributed by atoms with Crippen molar-refractivity contribution >= 4 is 5.82 Å². The summed E-state index contributed by atoms with van der Waals surface area (Å²) in [6, 6.07) is 5.14. The molecule has 0 amide bonds. The number of pyridine rings is 1. The van der Waals surface area contributed by atoms with E-state index in [9.17, 15) is 0 Å². The van der Waals surface area contributed by atoms with Crippen molar-refractivity contribution in [3.8, 4) is 0 Å². The molecule has 1 heterocycles. The number of nitrogens with zero attached hydrogens (tertiary/aromatic N) is 2. The molecule has 0 saturated heterocycles. The summed E-state index contributed by atoms with van der Waals surface area (Å²) in [6.45, 7) is 6.23. The lowest BCUT2D eigenvalue weighted by Gasteiger charge is -2.23. The molecule has 1 aliphatic carbocycles. The van der Waals surface area contributed by atoms with Gasteiger partial charge in [-0.25, -0.2) is 4.98 Å². The van der Waals surface area contributed by atoms with E-state index in [0.29, 0.717) is 18.6 Å². The molecule has 1 atom stereocenters. The molecule has 1 aromatic heterocycles. The zero-order valence-electron chi connectivity index (χ0n) is 12.0. The number of anilines is 1. The number of hydrogen-bond acceptors (Lipinski definition) is 4. The Labute approximate surface area is 115 Å². The first kappa shape index (κ1) is 14.3. The number of hydrogen-bond donors (Lipinski definition) is 2. The standard InChI is InChI=1S/C15H25N3O/c1-3-8-16-12(2)13-4-7-15(17-11-13)18(9-10-19)14-5-6-14/h4,7,11-12,14,16,19H,3,5-6,8-10H2,1-2H3. The van der Waals surface area contributed by atoms with E-state index in [0.717, 1.165) is 18.8 Å². The van der Waals surface area contributed by atoms with Gasteiger partial charge in [-0.2, -0.15) is 0 Å². The van der Waals surface area contributed by atoms with Crippen LogP contribution >= 0.6 is 0 Å². The van der Waals surface area contributed by atoms with Crippen LogP contribution in [0.1, 0.15) is 44.7 Å². The van der Waals surface area contributed by atoms with Crippen LogP contribution in [0.4, 0.5) is 5.82 Å². The van der Waals surface area contributed by atoms with Crippen LogP contribution in [0.5, 0.6) is 0 Å². The van der Waals surface area contributed by atoms with Crippen LogP contribution in [0.15, 0.2) is 18.3 Å². The van der Waals surface area contributed by atoms with Crippen molar-refractivity contribution in [2.45, 2.75) is 45.2 Å². The van der Waals surface area contributed by atoms with Crippen LogP contribution < -0.4 is 10.2 Å². The second-order valence-electron chi connectivity index (χ2n) is 5.27. The molecular formula is C15H25N3O. The first-order chi connectivity index (χ1) is 9.26. The molecule has 1 saturated carbocycles. The van der Waals surface area contributed by atoms with Gasteiger partial charge in [0.25, 0.3) is 0 Å². The summed E-state index contributed by atoms with van der Waals surface area (Å²) in [5.74, 6) is 0.989. The van der Waals surface area contributed by atoms with Crippen LogP contribution in [0, 0.1) is 0 Å². The monoisotopic (exact) mass is 263 g/mol. The van der Waals surface area contributed by atoms with Crippen LogP contribution in [-0.2, 0) is 0 Å². The molecule has 2 rings (SSSR count). The molecule has 1 fully saturated rings. The van der Waals surface area contributed by atoms with Crippen LogP contribution in [0.25, 0.3) is 0 Å². The minimum atomic E-state index is 0.189. The van der Waals surface area contributed by atoms with Crippen molar-refractivity contribution in [2.24, 2.45) is 0 Å². The summed E-state index contributed by atoms with van der Waals surface area (Å²) in [5.41, 5.74) is 1.22. The van der Waals surface area contributed by atoms with E-state index in [-0.39, 0.29) is 6.61 Å². The highest BCUT2D eigenvalue weighted by Crippen LogP contribution is 2.30. The zero-order chi connectivity index (χ0) is 13.7. The molecule has 4 heteroatoms. The summed E-state index contributed by atoms with van der Waals surface area (Å²) in [4.78, 5) is 6.78. The SMILES string of the molecule is CCCNC(C)c1ccc(N(CCO)C2CC2)nc1. The highest BCUT2D eigenvalue weighted by molar-refractivity contribution is 5.42. The van der Waals surface area contributed by atoms with Gasteiger partial charge < -0.3 is 15.3 Å². The lowest BCUT2D eigenvalue weighted by Crippen LogP contribution is -2.29. The normalized spacial score (nSPS) is 16.4. The fraction of sp³-hybridized carbons (Fsp3) is 0.667. The van der Waals surface area contributed by atoms with Gasteiger partial charge in [0.1, 0.15) is 5.82 Å². The Bertz CT molecular complexity index is 375. The largest absolute Gasteiger partial charge is 0.395 e. The highest BCUT2D eigenvalue weighted by Gasteiger charge is 2.29. The summed E-state index contributed by atoms with van der Waals surface area (Å²) < 4.78 is 0. The fourth-order valence-electron chi connectivity index (χ4n) is 2.28. The van der Waals surface area contributed by atoms with Crippen molar-refractivity contribution < 1.29 is 5.11 Å². The van der Waals surface area contributed by atoms with Crippen molar-refractivity contribution in [1.29, 1.82) is 0 Å². The van der Waals surface area contributed by atoms with Gasteiger partial charge in [0.2, 0.25) is 0 Å². The Hall–Kier alpha value is -1.13. The smallest absolute Gasteiger partial charge is 0.128 e. The Morgan fingerprint density at radius 2 is 2.26 bits per heavy atom. The van der Waals surface area contributed by atoms with E-state index in [2.05, 4.69) is 41.2 Å². The van der Waals surface area contributed by atoms with E-state index < -0.39 is 0 Å². The maximum Gasteiger partial charge on any atom is 0.128 e. The van der Waals surface area contributed by atoms with Crippen molar-refractivity contribution in [3.05, 3.63) is 23.9 Å². The first-order valence-electron chi connectivity index (χ1n) is 7.33. The average Bonchev–Trinajstić information content (AvgIpc) is 3.27. The average molecular weight is 263 g/mol. The number of nitrogens with one attached hydrogen (secondary N) is 1. The number of rotatable bonds is 8. The fourth-order valence-corrected chi connectivity index (χ4v) is 2.28. The summed E-state index contributed by atoms with van der Waals surface area (Å²) in [5, 5.41) is 12.6. The van der Waals surface area contributed by atoms with Crippen LogP contribution in [-0.4, -0.2) is 35.8 Å². The Kier molecular flexibility index (Phi) is 5.16. The van der Waals surface area contributed by atoms with Crippen molar-refractivity contribution in [3.63, 3.8) is 0 Å². The van der Waals surface area contributed by atoms with Gasteiger partial charge in [-0.1, -0.05) is 13.0 Å². The van der Waals surface area contributed by atoms with Gasteiger partial charge in [-0.15, -0.1) is 0 Å². The van der Waals surface area contributed by atoms with Gasteiger partial charge in [0.05, 0.1) is 6.61 Å². The van der Waals surface area contributed by atoms with E-state index in [1.165, 1.54) is 18.4 Å². The lowest BCUT2D eigenvalue weighted by molar-refractivity contribution is 0.301. The maximum absolute atomic E-state index is 9.14. The van der Waals surface area contributed by atoms with Crippen molar-refractivity contribution in [1.82, 2.24) is 10.3 Å². The van der Waals surface area contributed by atoms with E-state index >= 15 is 0 Å². The predicted octanol–water partition coefficient (Wildman–Crippen LogP) is 2.10. The lowest BCUT2D eigenvalue weighted by atomic mass is 10.1. The molecule has 2 N–H and O–H groups in total. The molecule has 106 valence electrons. The van der Waals surface area contributed by atoms with Crippen molar-refractivity contribution in [2.75, 3.05) is 24.6 Å². The molecule has 4 nitrogen and oxygen atoms in total. The van der Waals surface area contributed by atoms with Crippen LogP contribution in [0.2, 0.25) is 0 Å². The Morgan fingerprint density at radius 1 is 1.47 bits per heavy atom. The summed E-state index contributed by atoms with van der Waals surface area (Å²) in [7, 11) is 0. The number of aliphatic hydroxyl groups excluding tert-OH is 1. The molecule has 0 radical (unpaired) electrons. The Balaban J connectivity index is 2.00. The number of aromatic nitrogens is 1. The predicted molar refractivity (Wildman–Crippen MR) is 78.4 cm³/mol. The van der Waals surface area contributed by atoms with Gasteiger partial charge in [0.15, 0.2) is 0 Å². The van der Waals surface area contributed by atoms with Gasteiger partial charge >= 0.3 is 0 Å². The maximum atomic E-state index is 9.14. The zero-order valence-corrected chi connectivity index (χ0v) is 12.0. The third kappa shape index (κ3) is 3.91. The second kappa shape index (κ2) is 6.87. The Morgan fingerprint density at radius 3 is 2.79 bits per heavy atom.